The number of hydrogen-bond donors (Lipinski definition) is 0. The van der Waals surface area contributed by atoms with Crippen molar-refractivity contribution in [1.29, 1.82) is 0 Å². The first-order chi connectivity index (χ1) is 8.65. The van der Waals surface area contributed by atoms with Crippen molar-refractivity contribution in [2.75, 3.05) is 7.05 Å². The van der Waals surface area contributed by atoms with Crippen molar-refractivity contribution in [3.05, 3.63) is 24.3 Å². The van der Waals surface area contributed by atoms with Gasteiger partial charge in [0.15, 0.2) is 0 Å². The molecule has 1 amide bonds. The number of benzene rings is 1. The lowest BCUT2D eigenvalue weighted by Gasteiger charge is -2.27. The van der Waals surface area contributed by atoms with Gasteiger partial charge >= 0.3 is 0 Å². The number of nitrogens with zero attached hydrogens (tertiary/aromatic N) is 4. The average Bonchev–Trinajstić information content (AvgIpc) is 2.79. The summed E-state index contributed by atoms with van der Waals surface area (Å²) in [6.45, 7) is 3.67. The number of hydrogen-bond acceptors (Lipinski definition) is 3. The van der Waals surface area contributed by atoms with Crippen LogP contribution in [0.15, 0.2) is 24.3 Å². The van der Waals surface area contributed by atoms with Gasteiger partial charge < -0.3 is 4.90 Å². The molecule has 5 heteroatoms. The first-order valence-corrected chi connectivity index (χ1v) is 6.18. The number of aromatic nitrogens is 3. The van der Waals surface area contributed by atoms with Gasteiger partial charge in [0, 0.05) is 14.0 Å². The smallest absolute Gasteiger partial charge is 0.220 e. The number of carbonyl (C=O) groups is 1. The van der Waals surface area contributed by atoms with Crippen molar-refractivity contribution in [2.24, 2.45) is 0 Å². The number of amides is 1. The first kappa shape index (κ1) is 12.5. The Balaban J connectivity index is 2.44. The average molecular weight is 246 g/mol. The maximum atomic E-state index is 11.6. The Morgan fingerprint density at radius 3 is 2.83 bits per heavy atom. The summed E-state index contributed by atoms with van der Waals surface area (Å²) in [5, 5.41) is 8.33. The molecule has 2 aromatic rings. The molecular weight excluding hydrogens is 228 g/mol. The van der Waals surface area contributed by atoms with Crippen LogP contribution in [-0.2, 0) is 4.79 Å². The molecule has 0 saturated heterocycles. The lowest BCUT2D eigenvalue weighted by Crippen LogP contribution is -2.33. The number of rotatable bonds is 4. The van der Waals surface area contributed by atoms with Crippen molar-refractivity contribution in [2.45, 2.75) is 32.9 Å². The second-order valence-electron chi connectivity index (χ2n) is 4.42. The van der Waals surface area contributed by atoms with E-state index in [0.29, 0.717) is 0 Å². The van der Waals surface area contributed by atoms with E-state index >= 15 is 0 Å². The Bertz CT molecular complexity index is 549. The molecule has 18 heavy (non-hydrogen) atoms. The molecule has 2 rings (SSSR count). The molecule has 0 radical (unpaired) electrons. The second kappa shape index (κ2) is 5.16. The number of para-hydroxylation sites is 1. The van der Waals surface area contributed by atoms with Crippen molar-refractivity contribution in [3.63, 3.8) is 0 Å². The first-order valence-electron chi connectivity index (χ1n) is 6.18. The minimum absolute atomic E-state index is 0.0352. The van der Waals surface area contributed by atoms with Gasteiger partial charge in [-0.25, -0.2) is 4.68 Å². The van der Waals surface area contributed by atoms with Crippen LogP contribution in [0.3, 0.4) is 0 Å². The Kier molecular flexibility index (Phi) is 3.60. The Hall–Kier alpha value is -1.91. The summed E-state index contributed by atoms with van der Waals surface area (Å²) in [6.07, 6.45) is 1.78. The van der Waals surface area contributed by atoms with Crippen LogP contribution in [0.25, 0.3) is 11.0 Å². The molecule has 5 nitrogen and oxygen atoms in total. The van der Waals surface area contributed by atoms with E-state index in [1.165, 1.54) is 0 Å². The highest BCUT2D eigenvalue weighted by atomic mass is 16.2. The molecule has 1 heterocycles. The van der Waals surface area contributed by atoms with E-state index in [1.54, 1.807) is 18.9 Å². The van der Waals surface area contributed by atoms with Gasteiger partial charge in [-0.3, -0.25) is 4.79 Å². The monoisotopic (exact) mass is 246 g/mol. The highest BCUT2D eigenvalue weighted by molar-refractivity contribution is 5.75. The van der Waals surface area contributed by atoms with Crippen LogP contribution in [0.4, 0.5) is 0 Å². The standard InChI is InChI=1S/C13H18N4O/c1-4-7-13(16(3)10(2)18)17-12-9-6-5-8-11(12)14-15-17/h5-6,8-9,13H,4,7H2,1-3H3. The quantitative estimate of drug-likeness (QED) is 0.831. The van der Waals surface area contributed by atoms with Crippen LogP contribution in [0.5, 0.6) is 0 Å². The minimum Gasteiger partial charge on any atom is -0.324 e. The highest BCUT2D eigenvalue weighted by Gasteiger charge is 2.21. The zero-order valence-electron chi connectivity index (χ0n) is 11.0. The third-order valence-electron chi connectivity index (χ3n) is 3.15. The van der Waals surface area contributed by atoms with Crippen molar-refractivity contribution in [1.82, 2.24) is 19.9 Å². The maximum Gasteiger partial charge on any atom is 0.220 e. The van der Waals surface area contributed by atoms with E-state index < -0.39 is 0 Å². The molecule has 1 unspecified atom stereocenters. The molecular formula is C13H18N4O. The largest absolute Gasteiger partial charge is 0.324 e. The van der Waals surface area contributed by atoms with Crippen LogP contribution in [0.2, 0.25) is 0 Å². The van der Waals surface area contributed by atoms with Gasteiger partial charge in [-0.15, -0.1) is 5.10 Å². The molecule has 0 fully saturated rings. The van der Waals surface area contributed by atoms with Crippen LogP contribution >= 0.6 is 0 Å². The predicted octanol–water partition coefficient (Wildman–Crippen LogP) is 2.21. The molecule has 0 aliphatic heterocycles. The third kappa shape index (κ3) is 2.20. The van der Waals surface area contributed by atoms with Gasteiger partial charge in [0.2, 0.25) is 5.91 Å². The van der Waals surface area contributed by atoms with Gasteiger partial charge in [-0.05, 0) is 18.6 Å². The highest BCUT2D eigenvalue weighted by Crippen LogP contribution is 2.21. The summed E-state index contributed by atoms with van der Waals surface area (Å²) in [5.74, 6) is 0.0352. The zero-order valence-corrected chi connectivity index (χ0v) is 11.0. The van der Waals surface area contributed by atoms with Crippen molar-refractivity contribution in [3.8, 4) is 0 Å². The van der Waals surface area contributed by atoms with Gasteiger partial charge in [0.25, 0.3) is 0 Å². The molecule has 0 N–H and O–H groups in total. The van der Waals surface area contributed by atoms with Gasteiger partial charge in [-0.1, -0.05) is 30.7 Å². The summed E-state index contributed by atoms with van der Waals surface area (Å²) in [5.41, 5.74) is 1.82. The molecule has 1 aromatic carbocycles. The lowest BCUT2D eigenvalue weighted by atomic mass is 10.2. The minimum atomic E-state index is -0.0695. The van der Waals surface area contributed by atoms with Crippen molar-refractivity contribution >= 4 is 16.9 Å². The molecule has 0 bridgehead atoms. The predicted molar refractivity (Wildman–Crippen MR) is 69.9 cm³/mol. The molecule has 0 aliphatic carbocycles. The molecule has 1 atom stereocenters. The van der Waals surface area contributed by atoms with E-state index in [4.69, 9.17) is 0 Å². The lowest BCUT2D eigenvalue weighted by molar-refractivity contribution is -0.131. The molecule has 0 saturated carbocycles. The van der Waals surface area contributed by atoms with Crippen molar-refractivity contribution < 1.29 is 4.79 Å². The van der Waals surface area contributed by atoms with E-state index in [-0.39, 0.29) is 12.1 Å². The fraction of sp³-hybridized carbons (Fsp3) is 0.462. The summed E-state index contributed by atoms with van der Waals surface area (Å²) < 4.78 is 1.83. The fourth-order valence-electron chi connectivity index (χ4n) is 2.06. The summed E-state index contributed by atoms with van der Waals surface area (Å²) in [7, 11) is 1.80. The topological polar surface area (TPSA) is 51.0 Å². The van der Waals surface area contributed by atoms with Gasteiger partial charge in [0.05, 0.1) is 5.52 Å². The number of fused-ring (bicyclic) bond motifs is 1. The Morgan fingerprint density at radius 2 is 2.17 bits per heavy atom. The third-order valence-corrected chi connectivity index (χ3v) is 3.15. The Labute approximate surface area is 106 Å². The molecule has 0 spiro atoms. The Morgan fingerprint density at radius 1 is 1.44 bits per heavy atom. The van der Waals surface area contributed by atoms with Crippen LogP contribution in [0.1, 0.15) is 32.9 Å². The van der Waals surface area contributed by atoms with Gasteiger partial charge in [-0.2, -0.15) is 0 Å². The summed E-state index contributed by atoms with van der Waals surface area (Å²) >= 11 is 0. The molecule has 96 valence electrons. The molecule has 0 aliphatic rings. The van der Waals surface area contributed by atoms with Crippen LogP contribution in [0, 0.1) is 0 Å². The summed E-state index contributed by atoms with van der Waals surface area (Å²) in [6, 6.07) is 7.80. The normalized spacial score (nSPS) is 12.6. The maximum absolute atomic E-state index is 11.6. The van der Waals surface area contributed by atoms with E-state index in [0.717, 1.165) is 23.9 Å². The SMILES string of the molecule is CCCC(N(C)C(C)=O)n1nnc2ccccc21. The van der Waals surface area contributed by atoms with E-state index in [9.17, 15) is 4.79 Å². The van der Waals surface area contributed by atoms with Crippen LogP contribution in [-0.4, -0.2) is 32.8 Å². The second-order valence-corrected chi connectivity index (χ2v) is 4.42. The number of carbonyl (C=O) groups excluding carboxylic acids is 1. The van der Waals surface area contributed by atoms with E-state index in [1.807, 2.05) is 28.9 Å². The fourth-order valence-corrected chi connectivity index (χ4v) is 2.06. The zero-order chi connectivity index (χ0) is 13.1. The molecule has 1 aromatic heterocycles. The van der Waals surface area contributed by atoms with E-state index in [2.05, 4.69) is 17.2 Å². The van der Waals surface area contributed by atoms with Gasteiger partial charge in [0.1, 0.15) is 11.7 Å². The van der Waals surface area contributed by atoms with Crippen LogP contribution < -0.4 is 0 Å². The summed E-state index contributed by atoms with van der Waals surface area (Å²) in [4.78, 5) is 13.3.